The number of hydrogen-bond donors (Lipinski definition) is 1. The number of carbonyl (C=O) groups is 1. The number of para-hydroxylation sites is 1. The molecular weight excluding hydrogens is 360 g/mol. The molecule has 3 nitrogen and oxygen atoms in total. The van der Waals surface area contributed by atoms with Crippen molar-refractivity contribution < 1.29 is 4.79 Å². The Morgan fingerprint density at radius 1 is 1.32 bits per heavy atom. The fourth-order valence-corrected chi connectivity index (χ4v) is 4.07. The first-order valence-electron chi connectivity index (χ1n) is 7.11. The minimum Gasteiger partial charge on any atom is -0.360 e. The highest BCUT2D eigenvalue weighted by Crippen LogP contribution is 2.25. The van der Waals surface area contributed by atoms with Crippen molar-refractivity contribution in [3.8, 4) is 0 Å². The number of Topliss-reactive ketones (excluding diaryl/α,β-unsaturated/α-hetero) is 1. The van der Waals surface area contributed by atoms with Crippen LogP contribution in [0.2, 0.25) is 0 Å². The van der Waals surface area contributed by atoms with Gasteiger partial charge >= 0.3 is 0 Å². The van der Waals surface area contributed by atoms with Crippen molar-refractivity contribution in [1.82, 2.24) is 9.88 Å². The molecule has 114 valence electrons. The zero-order valence-electron chi connectivity index (χ0n) is 12.5. The van der Waals surface area contributed by atoms with E-state index in [1.807, 2.05) is 50.5 Å². The number of nitrogens with zero attached hydrogens (tertiary/aromatic N) is 1. The number of aromatic nitrogens is 1. The lowest BCUT2D eigenvalue weighted by molar-refractivity contribution is 0.0865. The van der Waals surface area contributed by atoms with E-state index in [2.05, 4.69) is 31.9 Å². The minimum atomic E-state index is -0.167. The maximum atomic E-state index is 12.8. The standard InChI is InChI=1S/C17H17BrN2OS/c1-11(20(2)10-12-7-8-16(18)22-12)17(21)14-9-19-15-6-4-3-5-13(14)15/h3-9,11,19H,10H2,1-2H3. The Kier molecular flexibility index (Phi) is 4.47. The summed E-state index contributed by atoms with van der Waals surface area (Å²) >= 11 is 5.18. The van der Waals surface area contributed by atoms with E-state index in [1.54, 1.807) is 11.3 Å². The summed E-state index contributed by atoms with van der Waals surface area (Å²) in [5, 5.41) is 0.992. The number of aromatic amines is 1. The van der Waals surface area contributed by atoms with Crippen LogP contribution in [0, 0.1) is 0 Å². The topological polar surface area (TPSA) is 36.1 Å². The Labute approximate surface area is 142 Å². The van der Waals surface area contributed by atoms with Crippen LogP contribution in [0.5, 0.6) is 0 Å². The highest BCUT2D eigenvalue weighted by atomic mass is 79.9. The van der Waals surface area contributed by atoms with E-state index in [-0.39, 0.29) is 11.8 Å². The summed E-state index contributed by atoms with van der Waals surface area (Å²) in [4.78, 5) is 19.3. The zero-order chi connectivity index (χ0) is 15.7. The first kappa shape index (κ1) is 15.5. The molecule has 2 heterocycles. The van der Waals surface area contributed by atoms with Crippen LogP contribution in [0.15, 0.2) is 46.4 Å². The number of nitrogens with one attached hydrogen (secondary N) is 1. The highest BCUT2D eigenvalue weighted by molar-refractivity contribution is 9.11. The van der Waals surface area contributed by atoms with E-state index < -0.39 is 0 Å². The molecule has 0 aliphatic heterocycles. The number of thiophene rings is 1. The molecule has 0 bridgehead atoms. The monoisotopic (exact) mass is 376 g/mol. The summed E-state index contributed by atoms with van der Waals surface area (Å²) < 4.78 is 1.12. The van der Waals surface area contributed by atoms with Crippen LogP contribution in [-0.2, 0) is 6.54 Å². The second-order valence-electron chi connectivity index (χ2n) is 5.41. The molecule has 0 saturated carbocycles. The highest BCUT2D eigenvalue weighted by Gasteiger charge is 2.22. The quantitative estimate of drug-likeness (QED) is 0.655. The number of ketones is 1. The molecule has 2 aromatic heterocycles. The van der Waals surface area contributed by atoms with Crippen molar-refractivity contribution in [2.75, 3.05) is 7.05 Å². The van der Waals surface area contributed by atoms with Crippen LogP contribution < -0.4 is 0 Å². The molecule has 1 N–H and O–H groups in total. The SMILES string of the molecule is CC(C(=O)c1c[nH]c2ccccc12)N(C)Cc1ccc(Br)s1. The molecule has 0 aliphatic rings. The number of rotatable bonds is 5. The Bertz CT molecular complexity index is 808. The van der Waals surface area contributed by atoms with Gasteiger partial charge in [0.15, 0.2) is 5.78 Å². The van der Waals surface area contributed by atoms with Crippen molar-refractivity contribution in [2.45, 2.75) is 19.5 Å². The van der Waals surface area contributed by atoms with Gasteiger partial charge in [0.25, 0.3) is 0 Å². The van der Waals surface area contributed by atoms with Gasteiger partial charge in [-0.2, -0.15) is 0 Å². The molecule has 3 aromatic rings. The Morgan fingerprint density at radius 3 is 2.82 bits per heavy atom. The van der Waals surface area contributed by atoms with Crippen LogP contribution in [0.3, 0.4) is 0 Å². The largest absolute Gasteiger partial charge is 0.360 e. The number of halogens is 1. The summed E-state index contributed by atoms with van der Waals surface area (Å²) in [5.41, 5.74) is 1.77. The molecule has 0 amide bonds. The molecule has 0 aliphatic carbocycles. The number of carbonyl (C=O) groups excluding carboxylic acids is 1. The summed E-state index contributed by atoms with van der Waals surface area (Å²) in [7, 11) is 1.99. The Balaban J connectivity index is 1.79. The van der Waals surface area contributed by atoms with Gasteiger partial charge in [-0.05, 0) is 48.1 Å². The summed E-state index contributed by atoms with van der Waals surface area (Å²) in [6.07, 6.45) is 1.82. The number of H-pyrrole nitrogens is 1. The van der Waals surface area contributed by atoms with E-state index in [0.717, 1.165) is 26.8 Å². The fraction of sp³-hybridized carbons (Fsp3) is 0.235. The second-order valence-corrected chi connectivity index (χ2v) is 7.96. The Hall–Kier alpha value is -1.43. The number of likely N-dealkylation sites (N-methyl/N-ethyl adjacent to an activating group) is 1. The second kappa shape index (κ2) is 6.36. The van der Waals surface area contributed by atoms with E-state index in [1.165, 1.54) is 4.88 Å². The van der Waals surface area contributed by atoms with Crippen molar-refractivity contribution in [1.29, 1.82) is 0 Å². The predicted octanol–water partition coefficient (Wildman–Crippen LogP) is 4.70. The molecule has 0 fully saturated rings. The molecule has 0 saturated heterocycles. The van der Waals surface area contributed by atoms with Crippen molar-refractivity contribution in [2.24, 2.45) is 0 Å². The van der Waals surface area contributed by atoms with Gasteiger partial charge in [0, 0.05) is 34.1 Å². The third kappa shape index (κ3) is 3.02. The van der Waals surface area contributed by atoms with E-state index >= 15 is 0 Å². The molecule has 1 atom stereocenters. The zero-order valence-corrected chi connectivity index (χ0v) is 14.9. The minimum absolute atomic E-state index is 0.149. The van der Waals surface area contributed by atoms with E-state index in [4.69, 9.17) is 0 Å². The number of benzene rings is 1. The van der Waals surface area contributed by atoms with Crippen molar-refractivity contribution in [3.05, 3.63) is 56.8 Å². The van der Waals surface area contributed by atoms with Gasteiger partial charge in [-0.3, -0.25) is 9.69 Å². The van der Waals surface area contributed by atoms with Crippen LogP contribution in [-0.4, -0.2) is 28.8 Å². The van der Waals surface area contributed by atoms with E-state index in [9.17, 15) is 4.79 Å². The van der Waals surface area contributed by atoms with Gasteiger partial charge in [-0.1, -0.05) is 18.2 Å². The molecule has 0 spiro atoms. The molecule has 22 heavy (non-hydrogen) atoms. The van der Waals surface area contributed by atoms with Crippen LogP contribution in [0.25, 0.3) is 10.9 Å². The smallest absolute Gasteiger partial charge is 0.181 e. The molecule has 3 rings (SSSR count). The van der Waals surface area contributed by atoms with Crippen LogP contribution in [0.4, 0.5) is 0 Å². The molecule has 1 aromatic carbocycles. The van der Waals surface area contributed by atoms with Crippen molar-refractivity contribution >= 4 is 44.0 Å². The van der Waals surface area contributed by atoms with Gasteiger partial charge in [-0.25, -0.2) is 0 Å². The fourth-order valence-electron chi connectivity index (χ4n) is 2.52. The summed E-state index contributed by atoms with van der Waals surface area (Å²) in [5.74, 6) is 0.149. The predicted molar refractivity (Wildman–Crippen MR) is 95.6 cm³/mol. The molecule has 5 heteroatoms. The number of fused-ring (bicyclic) bond motifs is 1. The lowest BCUT2D eigenvalue weighted by Gasteiger charge is -2.22. The molecule has 1 unspecified atom stereocenters. The van der Waals surface area contributed by atoms with Gasteiger partial charge in [0.1, 0.15) is 0 Å². The normalized spacial score (nSPS) is 12.9. The summed E-state index contributed by atoms with van der Waals surface area (Å²) in [6.45, 7) is 2.73. The maximum Gasteiger partial charge on any atom is 0.181 e. The van der Waals surface area contributed by atoms with Gasteiger partial charge in [-0.15, -0.1) is 11.3 Å². The Morgan fingerprint density at radius 2 is 2.09 bits per heavy atom. The van der Waals surface area contributed by atoms with Gasteiger partial charge in [0.2, 0.25) is 0 Å². The number of hydrogen-bond acceptors (Lipinski definition) is 3. The summed E-state index contributed by atoms with van der Waals surface area (Å²) in [6, 6.07) is 11.9. The first-order chi connectivity index (χ1) is 10.6. The average molecular weight is 377 g/mol. The van der Waals surface area contributed by atoms with Gasteiger partial charge in [0.05, 0.1) is 9.83 Å². The first-order valence-corrected chi connectivity index (χ1v) is 8.72. The van der Waals surface area contributed by atoms with Crippen molar-refractivity contribution in [3.63, 3.8) is 0 Å². The maximum absolute atomic E-state index is 12.8. The average Bonchev–Trinajstić information content (AvgIpc) is 3.12. The lowest BCUT2D eigenvalue weighted by Crippen LogP contribution is -2.35. The van der Waals surface area contributed by atoms with Crippen LogP contribution >= 0.6 is 27.3 Å². The van der Waals surface area contributed by atoms with Gasteiger partial charge < -0.3 is 4.98 Å². The third-order valence-electron chi connectivity index (χ3n) is 3.93. The molecule has 0 radical (unpaired) electrons. The molecular formula is C17H17BrN2OS. The third-order valence-corrected chi connectivity index (χ3v) is 5.54. The lowest BCUT2D eigenvalue weighted by atomic mass is 10.0. The van der Waals surface area contributed by atoms with E-state index in [0.29, 0.717) is 0 Å². The van der Waals surface area contributed by atoms with Crippen LogP contribution in [0.1, 0.15) is 22.2 Å².